The fourth-order valence-corrected chi connectivity index (χ4v) is 3.07. The number of hydrogen-bond donors (Lipinski definition) is 1. The molecule has 1 saturated heterocycles. The normalized spacial score (nSPS) is 25.2. The van der Waals surface area contributed by atoms with Crippen molar-refractivity contribution in [2.75, 3.05) is 6.54 Å². The molecule has 17 heavy (non-hydrogen) atoms. The maximum atomic E-state index is 13.5. The largest absolute Gasteiger partial charge is 0.307 e. The molecule has 0 aromatic heterocycles. The summed E-state index contributed by atoms with van der Waals surface area (Å²) in [6.07, 6.45) is 2.24. The maximum Gasteiger partial charge on any atom is 0.123 e. The summed E-state index contributed by atoms with van der Waals surface area (Å²) in [5.41, 5.74) is 2.31. The van der Waals surface area contributed by atoms with E-state index < -0.39 is 0 Å². The van der Waals surface area contributed by atoms with Crippen LogP contribution in [0.15, 0.2) is 18.2 Å². The van der Waals surface area contributed by atoms with Crippen molar-refractivity contribution in [2.45, 2.75) is 46.1 Å². The van der Waals surface area contributed by atoms with Gasteiger partial charge in [0, 0.05) is 5.54 Å². The van der Waals surface area contributed by atoms with Gasteiger partial charge in [-0.1, -0.05) is 26.8 Å². The molecule has 0 saturated carbocycles. The zero-order chi connectivity index (χ0) is 12.7. The van der Waals surface area contributed by atoms with Crippen LogP contribution < -0.4 is 5.32 Å². The van der Waals surface area contributed by atoms with Crippen LogP contribution in [0.5, 0.6) is 0 Å². The van der Waals surface area contributed by atoms with Crippen molar-refractivity contribution in [3.63, 3.8) is 0 Å². The third-order valence-electron chi connectivity index (χ3n) is 4.10. The molecule has 1 nitrogen and oxygen atoms in total. The maximum absolute atomic E-state index is 13.5. The molecule has 1 atom stereocenters. The molecule has 94 valence electrons. The van der Waals surface area contributed by atoms with E-state index in [1.165, 1.54) is 5.56 Å². The minimum atomic E-state index is -0.136. The minimum Gasteiger partial charge on any atom is -0.307 e. The van der Waals surface area contributed by atoms with Crippen molar-refractivity contribution in [1.29, 1.82) is 0 Å². The molecule has 1 unspecified atom stereocenters. The Labute approximate surface area is 103 Å². The lowest BCUT2D eigenvalue weighted by atomic mass is 9.67. The first kappa shape index (κ1) is 12.6. The van der Waals surface area contributed by atoms with E-state index in [-0.39, 0.29) is 16.8 Å². The summed E-state index contributed by atoms with van der Waals surface area (Å²) in [5, 5.41) is 3.63. The third-order valence-corrected chi connectivity index (χ3v) is 4.10. The molecular formula is C15H22FN. The van der Waals surface area contributed by atoms with Crippen LogP contribution in [-0.2, 0) is 5.54 Å². The van der Waals surface area contributed by atoms with E-state index in [1.807, 2.05) is 6.07 Å². The summed E-state index contributed by atoms with van der Waals surface area (Å²) in [7, 11) is 0. The molecule has 1 heterocycles. The Hall–Kier alpha value is -0.890. The molecule has 0 radical (unpaired) electrons. The van der Waals surface area contributed by atoms with Crippen molar-refractivity contribution in [3.05, 3.63) is 35.1 Å². The highest BCUT2D eigenvalue weighted by atomic mass is 19.1. The Morgan fingerprint density at radius 2 is 2.00 bits per heavy atom. The van der Waals surface area contributed by atoms with Crippen LogP contribution in [0.3, 0.4) is 0 Å². The summed E-state index contributed by atoms with van der Waals surface area (Å²) >= 11 is 0. The Morgan fingerprint density at radius 3 is 2.53 bits per heavy atom. The number of nitrogens with one attached hydrogen (secondary N) is 1. The predicted octanol–water partition coefficient (Wildman–Crippen LogP) is 3.76. The van der Waals surface area contributed by atoms with Gasteiger partial charge in [-0.25, -0.2) is 4.39 Å². The van der Waals surface area contributed by atoms with Gasteiger partial charge >= 0.3 is 0 Å². The van der Waals surface area contributed by atoms with Gasteiger partial charge in [-0.3, -0.25) is 0 Å². The Kier molecular flexibility index (Phi) is 3.03. The third kappa shape index (κ3) is 1.99. The van der Waals surface area contributed by atoms with Gasteiger partial charge in [0.15, 0.2) is 0 Å². The van der Waals surface area contributed by atoms with Crippen molar-refractivity contribution in [2.24, 2.45) is 5.41 Å². The van der Waals surface area contributed by atoms with E-state index >= 15 is 0 Å². The van der Waals surface area contributed by atoms with E-state index in [0.717, 1.165) is 24.9 Å². The molecule has 1 aromatic carbocycles. The van der Waals surface area contributed by atoms with Crippen molar-refractivity contribution in [1.82, 2.24) is 5.32 Å². The Morgan fingerprint density at radius 1 is 1.29 bits per heavy atom. The first-order chi connectivity index (χ1) is 7.87. The molecule has 1 fully saturated rings. The van der Waals surface area contributed by atoms with Crippen LogP contribution in [0.2, 0.25) is 0 Å². The van der Waals surface area contributed by atoms with Crippen LogP contribution >= 0.6 is 0 Å². The highest BCUT2D eigenvalue weighted by Gasteiger charge is 2.46. The molecular weight excluding hydrogens is 213 g/mol. The van der Waals surface area contributed by atoms with E-state index in [1.54, 1.807) is 12.1 Å². The highest BCUT2D eigenvalue weighted by Crippen LogP contribution is 2.46. The Bertz CT molecular complexity index is 411. The van der Waals surface area contributed by atoms with Crippen LogP contribution in [0.1, 0.15) is 44.7 Å². The lowest BCUT2D eigenvalue weighted by molar-refractivity contribution is 0.159. The fraction of sp³-hybridized carbons (Fsp3) is 0.600. The lowest BCUT2D eigenvalue weighted by Crippen LogP contribution is -2.48. The smallest absolute Gasteiger partial charge is 0.123 e. The van der Waals surface area contributed by atoms with Crippen LogP contribution in [-0.4, -0.2) is 6.54 Å². The molecule has 2 heteroatoms. The van der Waals surface area contributed by atoms with E-state index in [2.05, 4.69) is 33.0 Å². The van der Waals surface area contributed by atoms with Gasteiger partial charge in [-0.05, 0) is 55.0 Å². The predicted molar refractivity (Wildman–Crippen MR) is 69.5 cm³/mol. The van der Waals surface area contributed by atoms with E-state index in [4.69, 9.17) is 0 Å². The summed E-state index contributed by atoms with van der Waals surface area (Å²) in [6, 6.07) is 5.14. The zero-order valence-corrected chi connectivity index (χ0v) is 11.2. The molecule has 1 aliphatic heterocycles. The van der Waals surface area contributed by atoms with Gasteiger partial charge in [0.05, 0.1) is 0 Å². The van der Waals surface area contributed by atoms with Crippen molar-refractivity contribution >= 4 is 0 Å². The highest BCUT2D eigenvalue weighted by molar-refractivity contribution is 5.36. The number of rotatable bonds is 1. The summed E-state index contributed by atoms with van der Waals surface area (Å²) < 4.78 is 13.5. The Balaban J connectivity index is 2.57. The van der Waals surface area contributed by atoms with E-state index in [0.29, 0.717) is 0 Å². The molecule has 1 aromatic rings. The topological polar surface area (TPSA) is 12.0 Å². The first-order valence-corrected chi connectivity index (χ1v) is 6.38. The zero-order valence-electron chi connectivity index (χ0n) is 11.2. The summed E-state index contributed by atoms with van der Waals surface area (Å²) in [4.78, 5) is 0. The molecule has 0 aliphatic carbocycles. The average Bonchev–Trinajstić information content (AvgIpc) is 2.71. The summed E-state index contributed by atoms with van der Waals surface area (Å²) in [5.74, 6) is -0.136. The van der Waals surface area contributed by atoms with Crippen LogP contribution in [0.25, 0.3) is 0 Å². The molecule has 0 spiro atoms. The molecule has 2 rings (SSSR count). The van der Waals surface area contributed by atoms with Crippen LogP contribution in [0, 0.1) is 18.2 Å². The molecule has 0 bridgehead atoms. The van der Waals surface area contributed by atoms with Gasteiger partial charge < -0.3 is 5.32 Å². The second-order valence-electron chi connectivity index (χ2n) is 6.14. The van der Waals surface area contributed by atoms with Gasteiger partial charge in [-0.2, -0.15) is 0 Å². The van der Waals surface area contributed by atoms with Crippen LogP contribution in [0.4, 0.5) is 4.39 Å². The number of aryl methyl sites for hydroxylation is 1. The summed E-state index contributed by atoms with van der Waals surface area (Å²) in [6.45, 7) is 9.79. The van der Waals surface area contributed by atoms with Gasteiger partial charge in [-0.15, -0.1) is 0 Å². The molecule has 1 N–H and O–H groups in total. The average molecular weight is 235 g/mol. The van der Waals surface area contributed by atoms with Crippen molar-refractivity contribution in [3.8, 4) is 0 Å². The van der Waals surface area contributed by atoms with E-state index in [9.17, 15) is 4.39 Å². The molecule has 0 amide bonds. The second kappa shape index (κ2) is 4.09. The van der Waals surface area contributed by atoms with Gasteiger partial charge in [0.25, 0.3) is 0 Å². The second-order valence-corrected chi connectivity index (χ2v) is 6.14. The fourth-order valence-electron chi connectivity index (χ4n) is 3.07. The van der Waals surface area contributed by atoms with Gasteiger partial charge in [0.2, 0.25) is 0 Å². The number of halogens is 1. The van der Waals surface area contributed by atoms with Gasteiger partial charge in [0.1, 0.15) is 5.82 Å². The number of benzene rings is 1. The minimum absolute atomic E-state index is 0.0841. The number of hydrogen-bond acceptors (Lipinski definition) is 1. The SMILES string of the molecule is Cc1ccc(F)cc1C1(C(C)(C)C)CCCN1. The standard InChI is InChI=1S/C15H22FN/c1-11-6-7-12(16)10-13(11)15(14(2,3)4)8-5-9-17-15/h6-7,10,17H,5,8-9H2,1-4H3. The van der Waals surface area contributed by atoms with Crippen molar-refractivity contribution < 1.29 is 4.39 Å². The monoisotopic (exact) mass is 235 g/mol. The molecule has 1 aliphatic rings. The quantitative estimate of drug-likeness (QED) is 0.781. The lowest BCUT2D eigenvalue weighted by Gasteiger charge is -2.43. The first-order valence-electron chi connectivity index (χ1n) is 6.38.